The fourth-order valence-electron chi connectivity index (χ4n) is 2.46. The Morgan fingerprint density at radius 3 is 2.56 bits per heavy atom. The van der Waals surface area contributed by atoms with Gasteiger partial charge in [-0.25, -0.2) is 4.98 Å². The fraction of sp³-hybridized carbons (Fsp3) is 0.500. The van der Waals surface area contributed by atoms with E-state index in [9.17, 15) is 0 Å². The molecule has 0 aliphatic rings. The van der Waals surface area contributed by atoms with E-state index in [1.54, 1.807) is 32.6 Å². The Morgan fingerprint density at radius 2 is 1.96 bits per heavy atom. The lowest BCUT2D eigenvalue weighted by Crippen LogP contribution is -2.37. The highest BCUT2D eigenvalue weighted by Crippen LogP contribution is 2.25. The molecule has 0 aliphatic heterocycles. The number of ether oxygens (including phenoxy) is 2. The highest BCUT2D eigenvalue weighted by molar-refractivity contribution is 7.09. The highest BCUT2D eigenvalue weighted by atomic mass is 32.1. The zero-order chi connectivity index (χ0) is 19.9. The Hall–Kier alpha value is -2.28. The third-order valence-electron chi connectivity index (χ3n) is 4.12. The van der Waals surface area contributed by atoms with E-state index in [1.807, 2.05) is 18.2 Å². The summed E-state index contributed by atoms with van der Waals surface area (Å²) in [5.74, 6) is 2.31. The highest BCUT2D eigenvalue weighted by Gasteiger charge is 2.17. The lowest BCUT2D eigenvalue weighted by atomic mass is 9.93. The van der Waals surface area contributed by atoms with Crippen LogP contribution in [-0.4, -0.2) is 38.8 Å². The van der Waals surface area contributed by atoms with Gasteiger partial charge in [-0.15, -0.1) is 11.3 Å². The van der Waals surface area contributed by atoms with Crippen LogP contribution in [-0.2, 0) is 18.4 Å². The van der Waals surface area contributed by atoms with Crippen molar-refractivity contribution in [1.82, 2.24) is 15.6 Å². The number of benzene rings is 1. The van der Waals surface area contributed by atoms with Crippen LogP contribution in [0.5, 0.6) is 11.5 Å². The first-order chi connectivity index (χ1) is 12.9. The predicted octanol–water partition coefficient (Wildman–Crippen LogP) is 3.37. The minimum Gasteiger partial charge on any atom is -0.497 e. The van der Waals surface area contributed by atoms with Crippen molar-refractivity contribution in [2.75, 3.05) is 27.8 Å². The molecular formula is C20H30N4O2S. The number of aromatic nitrogens is 1. The van der Waals surface area contributed by atoms with Gasteiger partial charge in [0.2, 0.25) is 0 Å². The molecule has 0 amide bonds. The quantitative estimate of drug-likeness (QED) is 0.560. The standard InChI is InChI=1S/C20H30N4O2S/c1-20(2,3)17-13-27-18(24-17)9-10-22-19(21-4)23-12-14-7-8-15(25-5)11-16(14)26-6/h7-8,11,13H,9-10,12H2,1-6H3,(H2,21,22,23). The smallest absolute Gasteiger partial charge is 0.191 e. The first kappa shape index (κ1) is 21.0. The summed E-state index contributed by atoms with van der Waals surface area (Å²) in [5.41, 5.74) is 2.28. The van der Waals surface area contributed by atoms with Crippen molar-refractivity contribution >= 4 is 17.3 Å². The van der Waals surface area contributed by atoms with Crippen LogP contribution in [0.2, 0.25) is 0 Å². The van der Waals surface area contributed by atoms with Crippen molar-refractivity contribution in [3.8, 4) is 11.5 Å². The molecule has 6 nitrogen and oxygen atoms in total. The van der Waals surface area contributed by atoms with Gasteiger partial charge in [-0.05, 0) is 12.1 Å². The summed E-state index contributed by atoms with van der Waals surface area (Å²) < 4.78 is 10.7. The van der Waals surface area contributed by atoms with Crippen LogP contribution < -0.4 is 20.1 Å². The molecule has 0 fully saturated rings. The normalized spacial score (nSPS) is 12.0. The summed E-state index contributed by atoms with van der Waals surface area (Å²) in [6.07, 6.45) is 0.868. The van der Waals surface area contributed by atoms with Crippen molar-refractivity contribution in [3.05, 3.63) is 39.8 Å². The molecule has 1 heterocycles. The number of nitrogens with one attached hydrogen (secondary N) is 2. The Morgan fingerprint density at radius 1 is 1.19 bits per heavy atom. The zero-order valence-electron chi connectivity index (χ0n) is 17.0. The molecule has 1 aromatic heterocycles. The van der Waals surface area contributed by atoms with E-state index < -0.39 is 0 Å². The van der Waals surface area contributed by atoms with Crippen molar-refractivity contribution in [1.29, 1.82) is 0 Å². The predicted molar refractivity (Wildman–Crippen MR) is 112 cm³/mol. The van der Waals surface area contributed by atoms with Crippen LogP contribution in [0.25, 0.3) is 0 Å². The van der Waals surface area contributed by atoms with Crippen LogP contribution in [0.3, 0.4) is 0 Å². The molecule has 0 atom stereocenters. The Bertz CT molecular complexity index is 766. The minimum absolute atomic E-state index is 0.0944. The second-order valence-electron chi connectivity index (χ2n) is 7.16. The zero-order valence-corrected chi connectivity index (χ0v) is 17.9. The Balaban J connectivity index is 1.85. The van der Waals surface area contributed by atoms with E-state index in [0.717, 1.165) is 46.7 Å². The minimum atomic E-state index is 0.0944. The third-order valence-corrected chi connectivity index (χ3v) is 5.02. The largest absolute Gasteiger partial charge is 0.497 e. The van der Waals surface area contributed by atoms with E-state index >= 15 is 0 Å². The molecule has 148 valence electrons. The molecular weight excluding hydrogens is 360 g/mol. The second-order valence-corrected chi connectivity index (χ2v) is 8.10. The maximum absolute atomic E-state index is 5.44. The number of thiazole rings is 1. The molecule has 7 heteroatoms. The molecule has 0 saturated heterocycles. The van der Waals surface area contributed by atoms with Crippen LogP contribution in [0, 0.1) is 0 Å². The molecule has 27 heavy (non-hydrogen) atoms. The molecule has 2 rings (SSSR count). The molecule has 0 aliphatic carbocycles. The number of rotatable bonds is 7. The number of aliphatic imine (C=N–C) groups is 1. The van der Waals surface area contributed by atoms with Gasteiger partial charge in [0.05, 0.1) is 24.9 Å². The Kier molecular flexibility index (Phi) is 7.47. The molecule has 0 spiro atoms. The van der Waals surface area contributed by atoms with E-state index in [4.69, 9.17) is 14.5 Å². The van der Waals surface area contributed by atoms with Crippen LogP contribution in [0.4, 0.5) is 0 Å². The van der Waals surface area contributed by atoms with Crippen molar-refractivity contribution in [2.24, 2.45) is 4.99 Å². The van der Waals surface area contributed by atoms with E-state index in [-0.39, 0.29) is 5.41 Å². The third kappa shape index (κ3) is 6.13. The maximum atomic E-state index is 5.44. The number of nitrogens with zero attached hydrogens (tertiary/aromatic N) is 2. The molecule has 0 bridgehead atoms. The monoisotopic (exact) mass is 390 g/mol. The number of hydrogen-bond donors (Lipinski definition) is 2. The van der Waals surface area contributed by atoms with Crippen molar-refractivity contribution in [2.45, 2.75) is 39.2 Å². The van der Waals surface area contributed by atoms with E-state index in [1.165, 1.54) is 0 Å². The van der Waals surface area contributed by atoms with E-state index in [0.29, 0.717) is 6.54 Å². The fourth-order valence-corrected chi connectivity index (χ4v) is 3.48. The first-order valence-electron chi connectivity index (χ1n) is 8.97. The lowest BCUT2D eigenvalue weighted by molar-refractivity contribution is 0.390. The summed E-state index contributed by atoms with van der Waals surface area (Å²) >= 11 is 1.71. The molecule has 1 aromatic carbocycles. The van der Waals surface area contributed by atoms with Crippen LogP contribution >= 0.6 is 11.3 Å². The summed E-state index contributed by atoms with van der Waals surface area (Å²) in [6.45, 7) is 7.94. The van der Waals surface area contributed by atoms with Gasteiger partial charge in [-0.1, -0.05) is 20.8 Å². The van der Waals surface area contributed by atoms with Crippen LogP contribution in [0.1, 0.15) is 37.0 Å². The molecule has 2 N–H and O–H groups in total. The topological polar surface area (TPSA) is 67.8 Å². The van der Waals surface area contributed by atoms with Gasteiger partial charge in [-0.2, -0.15) is 0 Å². The summed E-state index contributed by atoms with van der Waals surface area (Å²) in [4.78, 5) is 9.01. The van der Waals surface area contributed by atoms with Gasteiger partial charge in [0.1, 0.15) is 11.5 Å². The first-order valence-corrected chi connectivity index (χ1v) is 9.85. The average Bonchev–Trinajstić information content (AvgIpc) is 3.13. The second kappa shape index (κ2) is 9.60. The van der Waals surface area contributed by atoms with E-state index in [2.05, 4.69) is 41.8 Å². The van der Waals surface area contributed by atoms with Crippen LogP contribution in [0.15, 0.2) is 28.6 Å². The number of methoxy groups -OCH3 is 2. The van der Waals surface area contributed by atoms with Gasteiger partial charge in [0.15, 0.2) is 5.96 Å². The molecule has 0 unspecified atom stereocenters. The van der Waals surface area contributed by atoms with Crippen molar-refractivity contribution < 1.29 is 9.47 Å². The van der Waals surface area contributed by atoms with Gasteiger partial charge in [-0.3, -0.25) is 4.99 Å². The molecule has 0 radical (unpaired) electrons. The summed E-state index contributed by atoms with van der Waals surface area (Å²) in [5, 5.41) is 9.94. The maximum Gasteiger partial charge on any atom is 0.191 e. The summed E-state index contributed by atoms with van der Waals surface area (Å²) in [6, 6.07) is 5.79. The SMILES string of the molecule is CN=C(NCCc1nc(C(C)(C)C)cs1)NCc1ccc(OC)cc1OC. The number of hydrogen-bond acceptors (Lipinski definition) is 5. The van der Waals surface area contributed by atoms with Gasteiger partial charge in [0, 0.05) is 49.0 Å². The average molecular weight is 391 g/mol. The number of guanidine groups is 1. The molecule has 0 saturated carbocycles. The van der Waals surface area contributed by atoms with Gasteiger partial charge in [0.25, 0.3) is 0 Å². The van der Waals surface area contributed by atoms with Crippen molar-refractivity contribution in [3.63, 3.8) is 0 Å². The summed E-state index contributed by atoms with van der Waals surface area (Å²) in [7, 11) is 5.07. The van der Waals surface area contributed by atoms with Gasteiger partial charge >= 0.3 is 0 Å². The van der Waals surface area contributed by atoms with Gasteiger partial charge < -0.3 is 20.1 Å². The Labute approximate surface area is 166 Å². The molecule has 2 aromatic rings. The lowest BCUT2D eigenvalue weighted by Gasteiger charge is -2.15.